The number of ether oxygens (including phenoxy) is 1. The van der Waals surface area contributed by atoms with Gasteiger partial charge in [-0.05, 0) is 46.6 Å². The van der Waals surface area contributed by atoms with Crippen LogP contribution < -0.4 is 4.74 Å². The van der Waals surface area contributed by atoms with Crippen molar-refractivity contribution in [3.63, 3.8) is 0 Å². The third kappa shape index (κ3) is 15.3. The SMILES string of the molecule is CC(C)/C=C/c1ccccc1.CC(C)C(Br)/C=C/c1ccccc1.COc1cc(/C=C/C(C)C)ccc1O. The highest BCUT2D eigenvalue weighted by Crippen LogP contribution is 2.26. The Bertz CT molecular complexity index is 1100. The maximum Gasteiger partial charge on any atom is 0.161 e. The summed E-state index contributed by atoms with van der Waals surface area (Å²) in [5, 5.41) is 9.36. The molecule has 1 unspecified atom stereocenters. The minimum Gasteiger partial charge on any atom is -0.504 e. The third-order valence-corrected chi connectivity index (χ3v) is 6.62. The van der Waals surface area contributed by atoms with Crippen LogP contribution in [0, 0.1) is 17.8 Å². The Kier molecular flexibility index (Phi) is 16.6. The van der Waals surface area contributed by atoms with Crippen LogP contribution in [-0.4, -0.2) is 17.0 Å². The van der Waals surface area contributed by atoms with Crippen LogP contribution in [-0.2, 0) is 0 Å². The molecule has 0 aliphatic heterocycles. The summed E-state index contributed by atoms with van der Waals surface area (Å²) in [4.78, 5) is 0.465. The summed E-state index contributed by atoms with van der Waals surface area (Å²) in [7, 11) is 1.55. The molecule has 1 atom stereocenters. The van der Waals surface area contributed by atoms with Crippen molar-refractivity contribution in [2.24, 2.45) is 17.8 Å². The predicted molar refractivity (Wildman–Crippen MR) is 172 cm³/mol. The Labute approximate surface area is 239 Å². The van der Waals surface area contributed by atoms with Gasteiger partial charge >= 0.3 is 0 Å². The van der Waals surface area contributed by atoms with Crippen molar-refractivity contribution >= 4 is 34.2 Å². The maximum atomic E-state index is 9.36. The standard InChI is InChI=1S/C12H15Br.C12H16O2.C11H14/c1-10(2)12(13)9-8-11-6-4-3-5-7-11;1-9(2)4-5-10-6-7-11(13)12(8-10)14-3;1-10(2)8-9-11-6-4-3-5-7-11/h3-10,12H,1-2H3;4-9,13H,1-3H3;3-10H,1-2H3/b9-8+;5-4+;9-8+. The number of methoxy groups -OCH3 is 1. The van der Waals surface area contributed by atoms with Crippen LogP contribution in [0.15, 0.2) is 97.1 Å². The predicted octanol–water partition coefficient (Wildman–Crippen LogP) is 10.5. The monoisotopic (exact) mass is 576 g/mol. The summed E-state index contributed by atoms with van der Waals surface area (Å²) < 4.78 is 5.01. The van der Waals surface area contributed by atoms with Crippen LogP contribution in [0.25, 0.3) is 18.2 Å². The zero-order valence-electron chi connectivity index (χ0n) is 24.0. The molecule has 3 rings (SSSR count). The molecule has 2 nitrogen and oxygen atoms in total. The van der Waals surface area contributed by atoms with Crippen molar-refractivity contribution in [1.82, 2.24) is 0 Å². The van der Waals surface area contributed by atoms with Gasteiger partial charge in [0.1, 0.15) is 0 Å². The first-order chi connectivity index (χ1) is 18.1. The lowest BCUT2D eigenvalue weighted by molar-refractivity contribution is 0.373. The van der Waals surface area contributed by atoms with Gasteiger partial charge in [-0.1, -0.05) is 161 Å². The van der Waals surface area contributed by atoms with E-state index in [0.717, 1.165) is 5.56 Å². The average molecular weight is 578 g/mol. The van der Waals surface area contributed by atoms with E-state index in [1.165, 1.54) is 11.1 Å². The van der Waals surface area contributed by atoms with E-state index < -0.39 is 0 Å². The molecule has 1 N–H and O–H groups in total. The second kappa shape index (κ2) is 19.1. The Balaban J connectivity index is 0.000000287. The average Bonchev–Trinajstić information content (AvgIpc) is 2.92. The van der Waals surface area contributed by atoms with Crippen LogP contribution in [0.5, 0.6) is 11.5 Å². The number of alkyl halides is 1. The molecule has 38 heavy (non-hydrogen) atoms. The van der Waals surface area contributed by atoms with Crippen molar-refractivity contribution in [1.29, 1.82) is 0 Å². The summed E-state index contributed by atoms with van der Waals surface area (Å²) in [6, 6.07) is 26.0. The molecular formula is C35H45BrO2. The minimum atomic E-state index is 0.175. The number of rotatable bonds is 8. The van der Waals surface area contributed by atoms with E-state index in [0.29, 0.717) is 28.3 Å². The van der Waals surface area contributed by atoms with E-state index in [9.17, 15) is 5.11 Å². The van der Waals surface area contributed by atoms with Gasteiger partial charge in [-0.3, -0.25) is 0 Å². The molecule has 0 spiro atoms. The zero-order chi connectivity index (χ0) is 28.3. The molecular weight excluding hydrogens is 532 g/mol. The summed E-state index contributed by atoms with van der Waals surface area (Å²) >= 11 is 3.61. The number of halogens is 1. The fourth-order valence-electron chi connectivity index (χ4n) is 2.96. The van der Waals surface area contributed by atoms with Crippen molar-refractivity contribution in [2.75, 3.05) is 7.11 Å². The highest BCUT2D eigenvalue weighted by atomic mass is 79.9. The Morgan fingerprint density at radius 3 is 1.50 bits per heavy atom. The molecule has 0 aliphatic rings. The van der Waals surface area contributed by atoms with E-state index in [1.807, 2.05) is 30.3 Å². The number of hydrogen-bond donors (Lipinski definition) is 1. The number of phenolic OH excluding ortho intramolecular Hbond substituents is 1. The van der Waals surface area contributed by atoms with E-state index >= 15 is 0 Å². The van der Waals surface area contributed by atoms with Gasteiger partial charge < -0.3 is 9.84 Å². The topological polar surface area (TPSA) is 29.5 Å². The molecule has 3 heteroatoms. The Hall–Kier alpha value is -3.04. The molecule has 204 valence electrons. The minimum absolute atomic E-state index is 0.175. The molecule has 0 saturated heterocycles. The van der Waals surface area contributed by atoms with E-state index in [4.69, 9.17) is 4.74 Å². The first-order valence-electron chi connectivity index (χ1n) is 13.3. The van der Waals surface area contributed by atoms with Gasteiger partial charge in [0.15, 0.2) is 11.5 Å². The second-order valence-electron chi connectivity index (χ2n) is 10.0. The normalized spacial score (nSPS) is 12.1. The van der Waals surface area contributed by atoms with Crippen molar-refractivity contribution in [2.45, 2.75) is 46.4 Å². The molecule has 0 bridgehead atoms. The number of hydrogen-bond acceptors (Lipinski definition) is 2. The Morgan fingerprint density at radius 1 is 0.632 bits per heavy atom. The summed E-state index contributed by atoms with van der Waals surface area (Å²) in [5.41, 5.74) is 3.57. The summed E-state index contributed by atoms with van der Waals surface area (Å²) in [6.07, 6.45) is 12.8. The molecule has 0 heterocycles. The van der Waals surface area contributed by atoms with Crippen LogP contribution in [0.3, 0.4) is 0 Å². The van der Waals surface area contributed by atoms with Crippen molar-refractivity contribution in [3.05, 3.63) is 114 Å². The van der Waals surface area contributed by atoms with E-state index in [2.05, 4.69) is 136 Å². The molecule has 3 aromatic carbocycles. The maximum absolute atomic E-state index is 9.36. The molecule has 0 saturated carbocycles. The molecule has 0 fully saturated rings. The lowest BCUT2D eigenvalue weighted by Gasteiger charge is -2.07. The van der Waals surface area contributed by atoms with Gasteiger partial charge in [-0.15, -0.1) is 0 Å². The third-order valence-electron chi connectivity index (χ3n) is 5.26. The fraction of sp³-hybridized carbons (Fsp3) is 0.314. The van der Waals surface area contributed by atoms with E-state index in [1.54, 1.807) is 13.2 Å². The van der Waals surface area contributed by atoms with Gasteiger partial charge in [-0.2, -0.15) is 0 Å². The van der Waals surface area contributed by atoms with Crippen molar-refractivity contribution < 1.29 is 9.84 Å². The lowest BCUT2D eigenvalue weighted by atomic mass is 10.1. The number of aromatic hydroxyl groups is 1. The van der Waals surface area contributed by atoms with Gasteiger partial charge in [0, 0.05) is 4.83 Å². The quantitative estimate of drug-likeness (QED) is 0.270. The lowest BCUT2D eigenvalue weighted by Crippen LogP contribution is -2.01. The smallest absolute Gasteiger partial charge is 0.161 e. The van der Waals surface area contributed by atoms with Gasteiger partial charge in [0.05, 0.1) is 7.11 Å². The molecule has 0 amide bonds. The fourth-order valence-corrected chi connectivity index (χ4v) is 3.11. The Morgan fingerprint density at radius 2 is 1.08 bits per heavy atom. The zero-order valence-corrected chi connectivity index (χ0v) is 25.6. The highest BCUT2D eigenvalue weighted by molar-refractivity contribution is 9.09. The number of phenols is 1. The molecule has 0 aromatic heterocycles. The summed E-state index contributed by atoms with van der Waals surface area (Å²) in [6.45, 7) is 13.0. The van der Waals surface area contributed by atoms with Crippen LogP contribution in [0.1, 0.15) is 58.2 Å². The van der Waals surface area contributed by atoms with Gasteiger partial charge in [-0.25, -0.2) is 0 Å². The first-order valence-corrected chi connectivity index (χ1v) is 14.2. The van der Waals surface area contributed by atoms with Gasteiger partial charge in [0.2, 0.25) is 0 Å². The number of allylic oxidation sites excluding steroid dienone is 3. The molecule has 3 aromatic rings. The summed E-state index contributed by atoms with van der Waals surface area (Å²) in [5.74, 6) is 2.48. The number of benzene rings is 3. The first kappa shape index (κ1) is 33.0. The van der Waals surface area contributed by atoms with Gasteiger partial charge in [0.25, 0.3) is 0 Å². The van der Waals surface area contributed by atoms with Crippen LogP contribution >= 0.6 is 15.9 Å². The largest absolute Gasteiger partial charge is 0.504 e. The molecule has 0 radical (unpaired) electrons. The second-order valence-corrected chi connectivity index (χ2v) is 11.1. The molecule has 0 aliphatic carbocycles. The highest BCUT2D eigenvalue weighted by Gasteiger charge is 2.03. The van der Waals surface area contributed by atoms with E-state index in [-0.39, 0.29) is 5.75 Å². The van der Waals surface area contributed by atoms with Crippen molar-refractivity contribution in [3.8, 4) is 11.5 Å². The van der Waals surface area contributed by atoms with Crippen LogP contribution in [0.4, 0.5) is 0 Å². The van der Waals surface area contributed by atoms with Crippen LogP contribution in [0.2, 0.25) is 0 Å².